The fourth-order valence-electron chi connectivity index (χ4n) is 1.78. The molecule has 0 saturated carbocycles. The highest BCUT2D eigenvalue weighted by atomic mass is 19.2. The van der Waals surface area contributed by atoms with E-state index in [0.29, 0.717) is 23.5 Å². The lowest BCUT2D eigenvalue weighted by molar-refractivity contribution is 0.102. The lowest BCUT2D eigenvalue weighted by Crippen LogP contribution is -2.16. The van der Waals surface area contributed by atoms with Gasteiger partial charge < -0.3 is 10.6 Å². The third-order valence-electron chi connectivity index (χ3n) is 2.80. The molecule has 0 radical (unpaired) electrons. The number of benzene rings is 1. The van der Waals surface area contributed by atoms with Crippen LogP contribution in [0, 0.1) is 24.4 Å². The smallest absolute Gasteiger partial charge is 0.259 e. The largest absolute Gasteiger partial charge is 0.387 e. The summed E-state index contributed by atoms with van der Waals surface area (Å²) in [7, 11) is 1.61. The number of aromatic nitrogens is 1. The normalized spacial score (nSPS) is 10.3. The van der Waals surface area contributed by atoms with E-state index in [1.54, 1.807) is 20.0 Å². The number of hydrogen-bond acceptors (Lipinski definition) is 3. The molecule has 1 aromatic carbocycles. The molecule has 2 aromatic rings. The summed E-state index contributed by atoms with van der Waals surface area (Å²) < 4.78 is 39.7. The van der Waals surface area contributed by atoms with Gasteiger partial charge >= 0.3 is 0 Å². The Hall–Kier alpha value is -2.57. The van der Waals surface area contributed by atoms with Crippen molar-refractivity contribution in [3.05, 3.63) is 53.1 Å². The van der Waals surface area contributed by atoms with Crippen molar-refractivity contribution >= 4 is 17.3 Å². The number of carbonyl (C=O) groups excluding carboxylic acids is 1. The molecular weight excluding hydrogens is 283 g/mol. The Morgan fingerprint density at radius 1 is 1.14 bits per heavy atom. The second kappa shape index (κ2) is 5.82. The molecule has 0 aliphatic heterocycles. The number of carbonyl (C=O) groups is 1. The SMILES string of the molecule is CNc1cc(C)ncc1C(=O)Nc1cc(F)cc(F)c1F. The predicted molar refractivity (Wildman–Crippen MR) is 72.8 cm³/mol. The van der Waals surface area contributed by atoms with Gasteiger partial charge in [0, 0.05) is 31.1 Å². The zero-order valence-corrected chi connectivity index (χ0v) is 11.3. The Morgan fingerprint density at radius 3 is 2.52 bits per heavy atom. The predicted octanol–water partition coefficient (Wildman–Crippen LogP) is 3.10. The Labute approximate surface area is 119 Å². The fourth-order valence-corrected chi connectivity index (χ4v) is 1.78. The molecule has 21 heavy (non-hydrogen) atoms. The maximum atomic E-state index is 13.5. The van der Waals surface area contributed by atoms with E-state index in [1.165, 1.54) is 6.20 Å². The molecule has 0 unspecified atom stereocenters. The first kappa shape index (κ1) is 14.8. The van der Waals surface area contributed by atoms with Gasteiger partial charge in [-0.2, -0.15) is 0 Å². The summed E-state index contributed by atoms with van der Waals surface area (Å²) in [5, 5.41) is 4.93. The molecule has 0 spiro atoms. The fraction of sp³-hybridized carbons (Fsp3) is 0.143. The van der Waals surface area contributed by atoms with Crippen molar-refractivity contribution < 1.29 is 18.0 Å². The van der Waals surface area contributed by atoms with Crippen LogP contribution in [0.15, 0.2) is 24.4 Å². The molecule has 2 rings (SSSR count). The van der Waals surface area contributed by atoms with Gasteiger partial charge in [0.2, 0.25) is 0 Å². The van der Waals surface area contributed by atoms with Crippen LogP contribution in [0.3, 0.4) is 0 Å². The first-order valence-corrected chi connectivity index (χ1v) is 6.02. The van der Waals surface area contributed by atoms with Gasteiger partial charge in [0.1, 0.15) is 5.82 Å². The maximum absolute atomic E-state index is 13.5. The van der Waals surface area contributed by atoms with E-state index in [1.807, 2.05) is 0 Å². The number of rotatable bonds is 3. The molecule has 1 aromatic heterocycles. The van der Waals surface area contributed by atoms with Crippen molar-refractivity contribution in [1.29, 1.82) is 0 Å². The average molecular weight is 295 g/mol. The summed E-state index contributed by atoms with van der Waals surface area (Å²) in [6.07, 6.45) is 1.30. The van der Waals surface area contributed by atoms with Gasteiger partial charge in [0.15, 0.2) is 11.6 Å². The third kappa shape index (κ3) is 3.13. The molecule has 7 heteroatoms. The standard InChI is InChI=1S/C14H12F3N3O/c1-7-3-11(18-2)9(6-19-7)14(21)20-12-5-8(15)4-10(16)13(12)17/h3-6H,1-2H3,(H,18,19)(H,20,21). The van der Waals surface area contributed by atoms with Crippen molar-refractivity contribution in [2.24, 2.45) is 0 Å². The van der Waals surface area contributed by atoms with Crippen molar-refractivity contribution in [3.8, 4) is 0 Å². The van der Waals surface area contributed by atoms with Crippen molar-refractivity contribution in [3.63, 3.8) is 0 Å². The summed E-state index contributed by atoms with van der Waals surface area (Å²) in [4.78, 5) is 16.0. The summed E-state index contributed by atoms with van der Waals surface area (Å²) in [6, 6.07) is 2.73. The van der Waals surface area contributed by atoms with E-state index >= 15 is 0 Å². The molecule has 0 saturated heterocycles. The molecule has 110 valence electrons. The lowest BCUT2D eigenvalue weighted by Gasteiger charge is -2.11. The van der Waals surface area contributed by atoms with Crippen LogP contribution in [-0.4, -0.2) is 17.9 Å². The van der Waals surface area contributed by atoms with Crippen LogP contribution in [0.1, 0.15) is 16.1 Å². The van der Waals surface area contributed by atoms with E-state index in [2.05, 4.69) is 15.6 Å². The minimum absolute atomic E-state index is 0.132. The van der Waals surface area contributed by atoms with Gasteiger partial charge in [-0.1, -0.05) is 0 Å². The zero-order chi connectivity index (χ0) is 15.6. The van der Waals surface area contributed by atoms with E-state index in [0.717, 1.165) is 0 Å². The van der Waals surface area contributed by atoms with Crippen molar-refractivity contribution in [2.45, 2.75) is 6.92 Å². The minimum atomic E-state index is -1.37. The quantitative estimate of drug-likeness (QED) is 0.856. The van der Waals surface area contributed by atoms with Gasteiger partial charge in [0.05, 0.1) is 16.9 Å². The molecule has 0 aliphatic carbocycles. The monoisotopic (exact) mass is 295 g/mol. The molecule has 1 heterocycles. The first-order valence-electron chi connectivity index (χ1n) is 6.02. The zero-order valence-electron chi connectivity index (χ0n) is 11.3. The van der Waals surface area contributed by atoms with E-state index < -0.39 is 29.0 Å². The molecule has 0 atom stereocenters. The van der Waals surface area contributed by atoms with Crippen molar-refractivity contribution in [2.75, 3.05) is 17.7 Å². The second-order valence-electron chi connectivity index (χ2n) is 4.32. The molecule has 2 N–H and O–H groups in total. The summed E-state index contributed by atoms with van der Waals surface area (Å²) in [5.74, 6) is -4.41. The van der Waals surface area contributed by atoms with Crippen LogP contribution < -0.4 is 10.6 Å². The number of nitrogens with one attached hydrogen (secondary N) is 2. The van der Waals surface area contributed by atoms with Crippen LogP contribution in [0.5, 0.6) is 0 Å². The third-order valence-corrected chi connectivity index (χ3v) is 2.80. The Kier molecular flexibility index (Phi) is 4.11. The van der Waals surface area contributed by atoms with Crippen LogP contribution >= 0.6 is 0 Å². The number of halogens is 3. The van der Waals surface area contributed by atoms with Gasteiger partial charge in [-0.05, 0) is 13.0 Å². The highest BCUT2D eigenvalue weighted by molar-refractivity contribution is 6.07. The second-order valence-corrected chi connectivity index (χ2v) is 4.32. The van der Waals surface area contributed by atoms with E-state index in [-0.39, 0.29) is 5.56 Å². The van der Waals surface area contributed by atoms with Gasteiger partial charge in [-0.3, -0.25) is 9.78 Å². The highest BCUT2D eigenvalue weighted by Gasteiger charge is 2.17. The van der Waals surface area contributed by atoms with Crippen LogP contribution in [0.2, 0.25) is 0 Å². The summed E-state index contributed by atoms with van der Waals surface area (Å²) in [5.41, 5.74) is 0.712. The molecule has 0 fully saturated rings. The van der Waals surface area contributed by atoms with Crippen LogP contribution in [0.4, 0.5) is 24.5 Å². The molecular formula is C14H12F3N3O. The average Bonchev–Trinajstić information content (AvgIpc) is 2.43. The molecule has 0 aliphatic rings. The van der Waals surface area contributed by atoms with Crippen molar-refractivity contribution in [1.82, 2.24) is 4.98 Å². The number of aryl methyl sites for hydroxylation is 1. The highest BCUT2D eigenvalue weighted by Crippen LogP contribution is 2.22. The topological polar surface area (TPSA) is 54.0 Å². The van der Waals surface area contributed by atoms with Gasteiger partial charge in [-0.15, -0.1) is 0 Å². The number of pyridine rings is 1. The number of hydrogen-bond donors (Lipinski definition) is 2. The lowest BCUT2D eigenvalue weighted by atomic mass is 10.2. The number of anilines is 2. The molecule has 0 bridgehead atoms. The summed E-state index contributed by atoms with van der Waals surface area (Å²) in [6.45, 7) is 1.74. The Bertz CT molecular complexity index is 704. The Morgan fingerprint density at radius 2 is 1.86 bits per heavy atom. The minimum Gasteiger partial charge on any atom is -0.387 e. The van der Waals surface area contributed by atoms with Crippen LogP contribution in [0.25, 0.3) is 0 Å². The number of nitrogens with zero attached hydrogens (tertiary/aromatic N) is 1. The molecule has 1 amide bonds. The number of amides is 1. The Balaban J connectivity index is 2.35. The van der Waals surface area contributed by atoms with Gasteiger partial charge in [-0.25, -0.2) is 13.2 Å². The first-order chi connectivity index (χ1) is 9.92. The van der Waals surface area contributed by atoms with E-state index in [9.17, 15) is 18.0 Å². The van der Waals surface area contributed by atoms with Crippen LogP contribution in [-0.2, 0) is 0 Å². The maximum Gasteiger partial charge on any atom is 0.259 e. The van der Waals surface area contributed by atoms with Gasteiger partial charge in [0.25, 0.3) is 5.91 Å². The van der Waals surface area contributed by atoms with E-state index in [4.69, 9.17) is 0 Å². The summed E-state index contributed by atoms with van der Waals surface area (Å²) >= 11 is 0. The molecule has 4 nitrogen and oxygen atoms in total.